The number of rotatable bonds is 6. The molecule has 1 aromatic heterocycles. The number of aromatic nitrogens is 3. The fourth-order valence-corrected chi connectivity index (χ4v) is 3.40. The highest BCUT2D eigenvalue weighted by Crippen LogP contribution is 2.30. The zero-order valence-corrected chi connectivity index (χ0v) is 16.9. The van der Waals surface area contributed by atoms with Crippen molar-refractivity contribution in [2.75, 3.05) is 11.6 Å². The van der Waals surface area contributed by atoms with E-state index in [1.54, 1.807) is 30.3 Å². The topological polar surface area (TPSA) is 85.8 Å². The summed E-state index contributed by atoms with van der Waals surface area (Å²) in [6.45, 7) is 0.412. The van der Waals surface area contributed by atoms with Crippen LogP contribution in [0.15, 0.2) is 47.6 Å². The van der Waals surface area contributed by atoms with Gasteiger partial charge in [0.15, 0.2) is 5.82 Å². The molecule has 3 N–H and O–H groups in total. The number of carbonyl (C=O) groups is 1. The Morgan fingerprint density at radius 3 is 2.52 bits per heavy atom. The first-order chi connectivity index (χ1) is 12.9. The smallest absolute Gasteiger partial charge is 0.230 e. The SMILES string of the molecule is Nn1c(SCC(=O)NCc2ccc(Cl)cc2)nnc1-c1cc(Cl)ccc1Cl. The molecule has 10 heteroatoms. The number of benzene rings is 2. The molecule has 140 valence electrons. The van der Waals surface area contributed by atoms with E-state index in [0.717, 1.165) is 5.56 Å². The second-order valence-corrected chi connectivity index (χ2v) is 7.71. The third-order valence-corrected chi connectivity index (χ3v) is 5.33. The fraction of sp³-hybridized carbons (Fsp3) is 0.118. The van der Waals surface area contributed by atoms with Crippen molar-refractivity contribution in [3.63, 3.8) is 0 Å². The molecule has 6 nitrogen and oxygen atoms in total. The lowest BCUT2D eigenvalue weighted by atomic mass is 10.2. The molecule has 1 heterocycles. The van der Waals surface area contributed by atoms with Crippen LogP contribution in [-0.2, 0) is 11.3 Å². The van der Waals surface area contributed by atoms with Crippen LogP contribution in [0.2, 0.25) is 15.1 Å². The van der Waals surface area contributed by atoms with Crippen LogP contribution in [0.5, 0.6) is 0 Å². The van der Waals surface area contributed by atoms with Gasteiger partial charge in [-0.25, -0.2) is 4.68 Å². The van der Waals surface area contributed by atoms with Crippen LogP contribution < -0.4 is 11.2 Å². The Hall–Kier alpha value is -1.93. The molecule has 0 radical (unpaired) electrons. The molecule has 0 saturated carbocycles. The van der Waals surface area contributed by atoms with Crippen LogP contribution in [0.1, 0.15) is 5.56 Å². The molecule has 2 aromatic carbocycles. The molecule has 0 fully saturated rings. The molecular weight excluding hydrogens is 429 g/mol. The number of nitrogens with zero attached hydrogens (tertiary/aromatic N) is 3. The van der Waals surface area contributed by atoms with Crippen molar-refractivity contribution in [1.29, 1.82) is 0 Å². The van der Waals surface area contributed by atoms with Gasteiger partial charge in [-0.15, -0.1) is 10.2 Å². The van der Waals surface area contributed by atoms with E-state index in [0.29, 0.717) is 38.2 Å². The van der Waals surface area contributed by atoms with E-state index in [9.17, 15) is 4.79 Å². The molecule has 0 aliphatic heterocycles. The second-order valence-electron chi connectivity index (χ2n) is 5.49. The lowest BCUT2D eigenvalue weighted by Crippen LogP contribution is -2.25. The predicted octanol–water partition coefficient (Wildman–Crippen LogP) is 4.03. The number of nitrogen functional groups attached to an aromatic ring is 1. The van der Waals surface area contributed by atoms with E-state index in [2.05, 4.69) is 15.5 Å². The first-order valence-corrected chi connectivity index (χ1v) is 9.86. The second kappa shape index (κ2) is 8.84. The van der Waals surface area contributed by atoms with Gasteiger partial charge in [0.2, 0.25) is 11.1 Å². The van der Waals surface area contributed by atoms with Gasteiger partial charge < -0.3 is 11.2 Å². The van der Waals surface area contributed by atoms with Crippen molar-refractivity contribution in [2.24, 2.45) is 0 Å². The molecule has 3 rings (SSSR count). The highest BCUT2D eigenvalue weighted by atomic mass is 35.5. The summed E-state index contributed by atoms with van der Waals surface area (Å²) in [5, 5.41) is 12.9. The van der Waals surface area contributed by atoms with Gasteiger partial charge in [0, 0.05) is 22.2 Å². The summed E-state index contributed by atoms with van der Waals surface area (Å²) < 4.78 is 1.29. The monoisotopic (exact) mass is 441 g/mol. The number of hydrogen-bond donors (Lipinski definition) is 2. The summed E-state index contributed by atoms with van der Waals surface area (Å²) in [7, 11) is 0. The van der Waals surface area contributed by atoms with E-state index in [1.165, 1.54) is 16.4 Å². The Kier molecular flexibility index (Phi) is 6.49. The van der Waals surface area contributed by atoms with Crippen LogP contribution in [-0.4, -0.2) is 26.5 Å². The number of nitrogens with one attached hydrogen (secondary N) is 1. The third kappa shape index (κ3) is 5.07. The van der Waals surface area contributed by atoms with Gasteiger partial charge in [0.25, 0.3) is 0 Å². The quantitative estimate of drug-likeness (QED) is 0.445. The molecule has 0 aliphatic carbocycles. The van der Waals surface area contributed by atoms with Gasteiger partial charge in [-0.1, -0.05) is 58.7 Å². The molecule has 0 saturated heterocycles. The zero-order valence-electron chi connectivity index (χ0n) is 13.8. The number of amides is 1. The van der Waals surface area contributed by atoms with Crippen LogP contribution in [0, 0.1) is 0 Å². The Labute approximate surface area is 175 Å². The van der Waals surface area contributed by atoms with Crippen molar-refractivity contribution >= 4 is 52.5 Å². The zero-order chi connectivity index (χ0) is 19.4. The Balaban J connectivity index is 1.60. The first-order valence-electron chi connectivity index (χ1n) is 7.74. The molecule has 0 spiro atoms. The predicted molar refractivity (Wildman–Crippen MR) is 110 cm³/mol. The van der Waals surface area contributed by atoms with E-state index < -0.39 is 0 Å². The molecule has 3 aromatic rings. The summed E-state index contributed by atoms with van der Waals surface area (Å²) in [6.07, 6.45) is 0. The van der Waals surface area contributed by atoms with Gasteiger partial charge in [0.05, 0.1) is 10.8 Å². The fourth-order valence-electron chi connectivity index (χ4n) is 2.21. The van der Waals surface area contributed by atoms with Gasteiger partial charge in [-0.2, -0.15) is 0 Å². The minimum absolute atomic E-state index is 0.145. The molecular formula is C17H14Cl3N5OS. The number of thioether (sulfide) groups is 1. The van der Waals surface area contributed by atoms with Crippen molar-refractivity contribution in [1.82, 2.24) is 20.2 Å². The maximum absolute atomic E-state index is 12.0. The van der Waals surface area contributed by atoms with Crippen molar-refractivity contribution in [2.45, 2.75) is 11.7 Å². The first kappa shape index (κ1) is 19.8. The largest absolute Gasteiger partial charge is 0.351 e. The maximum Gasteiger partial charge on any atom is 0.230 e. The summed E-state index contributed by atoms with van der Waals surface area (Å²) in [5.41, 5.74) is 1.52. The van der Waals surface area contributed by atoms with E-state index in [-0.39, 0.29) is 11.7 Å². The van der Waals surface area contributed by atoms with Crippen molar-refractivity contribution in [3.05, 3.63) is 63.1 Å². The van der Waals surface area contributed by atoms with E-state index in [4.69, 9.17) is 40.6 Å². The lowest BCUT2D eigenvalue weighted by molar-refractivity contribution is -0.118. The van der Waals surface area contributed by atoms with E-state index >= 15 is 0 Å². The summed E-state index contributed by atoms with van der Waals surface area (Å²) in [5.74, 6) is 6.40. The van der Waals surface area contributed by atoms with E-state index in [1.807, 2.05) is 12.1 Å². The molecule has 1 amide bonds. The minimum Gasteiger partial charge on any atom is -0.351 e. The Bertz CT molecular complexity index is 962. The maximum atomic E-state index is 12.0. The Morgan fingerprint density at radius 2 is 1.78 bits per heavy atom. The molecule has 0 aliphatic rings. The highest BCUT2D eigenvalue weighted by Gasteiger charge is 2.16. The van der Waals surface area contributed by atoms with Crippen LogP contribution >= 0.6 is 46.6 Å². The van der Waals surface area contributed by atoms with Crippen LogP contribution in [0.25, 0.3) is 11.4 Å². The molecule has 0 unspecified atom stereocenters. The highest BCUT2D eigenvalue weighted by molar-refractivity contribution is 7.99. The van der Waals surface area contributed by atoms with Gasteiger partial charge in [-0.3, -0.25) is 4.79 Å². The third-order valence-electron chi connectivity index (χ3n) is 3.57. The standard InChI is InChI=1S/C17H14Cl3N5OS/c18-11-3-1-10(2-4-11)8-22-15(26)9-27-17-24-23-16(25(17)21)13-7-12(19)5-6-14(13)20/h1-7H,8-9,21H2,(H,22,26). The van der Waals surface area contributed by atoms with Crippen LogP contribution in [0.4, 0.5) is 0 Å². The van der Waals surface area contributed by atoms with Gasteiger partial charge >= 0.3 is 0 Å². The summed E-state index contributed by atoms with van der Waals surface area (Å²) in [6, 6.07) is 12.2. The van der Waals surface area contributed by atoms with Crippen LogP contribution in [0.3, 0.4) is 0 Å². The summed E-state index contributed by atoms with van der Waals surface area (Å²) in [4.78, 5) is 12.0. The number of hydrogen-bond acceptors (Lipinski definition) is 5. The minimum atomic E-state index is -0.153. The summed E-state index contributed by atoms with van der Waals surface area (Å²) >= 11 is 19.2. The lowest BCUT2D eigenvalue weighted by Gasteiger charge is -2.07. The van der Waals surface area contributed by atoms with Crippen molar-refractivity contribution < 1.29 is 4.79 Å². The molecule has 27 heavy (non-hydrogen) atoms. The number of carbonyl (C=O) groups excluding carboxylic acids is 1. The average Bonchev–Trinajstić information content (AvgIpc) is 3.02. The van der Waals surface area contributed by atoms with Gasteiger partial charge in [-0.05, 0) is 35.9 Å². The number of halogens is 3. The Morgan fingerprint density at radius 1 is 1.07 bits per heavy atom. The molecule has 0 atom stereocenters. The molecule has 0 bridgehead atoms. The number of nitrogens with two attached hydrogens (primary N) is 1. The van der Waals surface area contributed by atoms with Crippen molar-refractivity contribution in [3.8, 4) is 11.4 Å². The normalized spacial score (nSPS) is 10.8. The van der Waals surface area contributed by atoms with Gasteiger partial charge in [0.1, 0.15) is 0 Å². The average molecular weight is 443 g/mol.